The summed E-state index contributed by atoms with van der Waals surface area (Å²) in [4.78, 5) is 26.7. The van der Waals surface area contributed by atoms with Crippen LogP contribution in [0.5, 0.6) is 5.75 Å². The van der Waals surface area contributed by atoms with Crippen LogP contribution in [0.25, 0.3) is 10.9 Å². The minimum Gasteiger partial charge on any atom is -0.497 e. The molecule has 0 saturated heterocycles. The zero-order chi connectivity index (χ0) is 17.0. The van der Waals surface area contributed by atoms with Crippen molar-refractivity contribution in [3.05, 3.63) is 30.0 Å². The first kappa shape index (κ1) is 17.1. The Bertz CT molecular complexity index is 712. The minimum atomic E-state index is -0.114. The lowest BCUT2D eigenvalue weighted by Crippen LogP contribution is -2.32. The molecule has 0 unspecified atom stereocenters. The fraction of sp³-hybridized carbons (Fsp3) is 0.444. The van der Waals surface area contributed by atoms with Gasteiger partial charge in [-0.05, 0) is 31.0 Å². The molecule has 0 N–H and O–H groups in total. The molecule has 124 valence electrons. The quantitative estimate of drug-likeness (QED) is 0.818. The van der Waals surface area contributed by atoms with Gasteiger partial charge in [0.15, 0.2) is 0 Å². The first-order chi connectivity index (χ1) is 11.0. The molecular formula is C18H24N2O3. The third-order valence-electron chi connectivity index (χ3n) is 3.86. The standard InChI is InChI=1S/C18H24N2O3/c1-5-9-19(10-6-2)18(22)16-12-20(13(3)21)17-8-7-14(23-4)11-15(16)17/h7-8,11-12H,5-6,9-10H2,1-4H3. The van der Waals surface area contributed by atoms with Crippen LogP contribution in [0.4, 0.5) is 0 Å². The summed E-state index contributed by atoms with van der Waals surface area (Å²) in [5, 5.41) is 0.752. The predicted molar refractivity (Wildman–Crippen MR) is 91.3 cm³/mol. The molecule has 0 aliphatic carbocycles. The number of methoxy groups -OCH3 is 1. The van der Waals surface area contributed by atoms with Crippen molar-refractivity contribution in [2.24, 2.45) is 0 Å². The van der Waals surface area contributed by atoms with Gasteiger partial charge in [0.25, 0.3) is 5.91 Å². The molecule has 1 aromatic carbocycles. The number of hydrogen-bond donors (Lipinski definition) is 0. The van der Waals surface area contributed by atoms with Crippen LogP contribution in [0.1, 0.15) is 48.8 Å². The molecule has 0 atom stereocenters. The van der Waals surface area contributed by atoms with Crippen LogP contribution in [0, 0.1) is 0 Å². The lowest BCUT2D eigenvalue weighted by atomic mass is 10.1. The molecule has 0 spiro atoms. The number of aromatic nitrogens is 1. The Labute approximate surface area is 136 Å². The summed E-state index contributed by atoms with van der Waals surface area (Å²) in [6.45, 7) is 7.02. The molecule has 0 radical (unpaired) electrons. The Balaban J connectivity index is 2.57. The Hall–Kier alpha value is -2.30. The average Bonchev–Trinajstić information content (AvgIpc) is 2.92. The minimum absolute atomic E-state index is 0.0352. The van der Waals surface area contributed by atoms with Gasteiger partial charge in [-0.1, -0.05) is 13.8 Å². The van der Waals surface area contributed by atoms with Gasteiger partial charge in [-0.2, -0.15) is 0 Å². The Morgan fingerprint density at radius 2 is 1.83 bits per heavy atom. The number of amides is 1. The summed E-state index contributed by atoms with van der Waals surface area (Å²) in [7, 11) is 1.59. The van der Waals surface area contributed by atoms with Gasteiger partial charge >= 0.3 is 0 Å². The van der Waals surface area contributed by atoms with Crippen molar-refractivity contribution >= 4 is 22.7 Å². The largest absolute Gasteiger partial charge is 0.497 e. The van der Waals surface area contributed by atoms with Crippen LogP contribution in [-0.4, -0.2) is 41.5 Å². The SMILES string of the molecule is CCCN(CCC)C(=O)c1cn(C(C)=O)c2ccc(OC)cc12. The fourth-order valence-corrected chi connectivity index (χ4v) is 2.79. The Morgan fingerprint density at radius 3 is 2.35 bits per heavy atom. The Kier molecular flexibility index (Phi) is 5.42. The number of hydrogen-bond acceptors (Lipinski definition) is 3. The molecule has 2 aromatic rings. The van der Waals surface area contributed by atoms with Gasteiger partial charge in [0.1, 0.15) is 5.75 Å². The van der Waals surface area contributed by atoms with Gasteiger partial charge in [-0.25, -0.2) is 0 Å². The van der Waals surface area contributed by atoms with Crippen molar-refractivity contribution in [3.8, 4) is 5.75 Å². The van der Waals surface area contributed by atoms with Crippen molar-refractivity contribution in [2.45, 2.75) is 33.6 Å². The van der Waals surface area contributed by atoms with Gasteiger partial charge in [0, 0.05) is 31.6 Å². The second-order valence-electron chi connectivity index (χ2n) is 5.61. The second kappa shape index (κ2) is 7.31. The summed E-state index contributed by atoms with van der Waals surface area (Å²) < 4.78 is 6.79. The van der Waals surface area contributed by atoms with Crippen LogP contribution in [0.3, 0.4) is 0 Å². The molecule has 23 heavy (non-hydrogen) atoms. The molecule has 1 amide bonds. The fourth-order valence-electron chi connectivity index (χ4n) is 2.79. The van der Waals surface area contributed by atoms with Crippen molar-refractivity contribution in [1.29, 1.82) is 0 Å². The highest BCUT2D eigenvalue weighted by Crippen LogP contribution is 2.27. The van der Waals surface area contributed by atoms with Crippen LogP contribution in [0.2, 0.25) is 0 Å². The summed E-state index contributed by atoms with van der Waals surface area (Å²) >= 11 is 0. The molecule has 2 rings (SSSR count). The van der Waals surface area contributed by atoms with E-state index < -0.39 is 0 Å². The number of fused-ring (bicyclic) bond motifs is 1. The molecule has 0 aliphatic rings. The topological polar surface area (TPSA) is 51.5 Å². The van der Waals surface area contributed by atoms with E-state index in [1.165, 1.54) is 11.5 Å². The highest BCUT2D eigenvalue weighted by Gasteiger charge is 2.21. The number of rotatable bonds is 6. The molecule has 0 fully saturated rings. The molecule has 0 aliphatic heterocycles. The summed E-state index contributed by atoms with van der Waals surface area (Å²) in [5.74, 6) is 0.522. The maximum Gasteiger partial charge on any atom is 0.256 e. The van der Waals surface area contributed by atoms with Crippen LogP contribution >= 0.6 is 0 Å². The first-order valence-corrected chi connectivity index (χ1v) is 8.02. The van der Waals surface area contributed by atoms with E-state index in [9.17, 15) is 9.59 Å². The van der Waals surface area contributed by atoms with E-state index >= 15 is 0 Å². The zero-order valence-electron chi connectivity index (χ0n) is 14.3. The van der Waals surface area contributed by atoms with Crippen molar-refractivity contribution < 1.29 is 14.3 Å². The van der Waals surface area contributed by atoms with Gasteiger partial charge < -0.3 is 9.64 Å². The van der Waals surface area contributed by atoms with Gasteiger partial charge in [0.05, 0.1) is 18.2 Å². The third kappa shape index (κ3) is 3.38. The van der Waals surface area contributed by atoms with Gasteiger partial charge in [-0.15, -0.1) is 0 Å². The van der Waals surface area contributed by atoms with Crippen molar-refractivity contribution in [2.75, 3.05) is 20.2 Å². The summed E-state index contributed by atoms with van der Waals surface area (Å²) in [5.41, 5.74) is 1.28. The van der Waals surface area contributed by atoms with E-state index in [4.69, 9.17) is 4.74 Å². The van der Waals surface area contributed by atoms with E-state index in [1.807, 2.05) is 17.0 Å². The van der Waals surface area contributed by atoms with E-state index in [0.717, 1.165) is 23.7 Å². The predicted octanol–water partition coefficient (Wildman–Crippen LogP) is 3.57. The average molecular weight is 316 g/mol. The van der Waals surface area contributed by atoms with Crippen LogP contribution in [-0.2, 0) is 0 Å². The summed E-state index contributed by atoms with van der Waals surface area (Å²) in [6.07, 6.45) is 3.45. The number of carbonyl (C=O) groups excluding carboxylic acids is 2. The molecular weight excluding hydrogens is 292 g/mol. The Morgan fingerprint density at radius 1 is 1.17 bits per heavy atom. The number of ether oxygens (including phenoxy) is 1. The molecule has 1 aromatic heterocycles. The molecule has 5 nitrogen and oxygen atoms in total. The normalized spacial score (nSPS) is 10.8. The molecule has 5 heteroatoms. The van der Waals surface area contributed by atoms with Gasteiger partial charge in [-0.3, -0.25) is 14.2 Å². The monoisotopic (exact) mass is 316 g/mol. The van der Waals surface area contributed by atoms with Crippen LogP contribution < -0.4 is 4.74 Å². The smallest absolute Gasteiger partial charge is 0.256 e. The summed E-state index contributed by atoms with van der Waals surface area (Å²) in [6, 6.07) is 5.43. The number of carbonyl (C=O) groups is 2. The van der Waals surface area contributed by atoms with Crippen LogP contribution in [0.15, 0.2) is 24.4 Å². The van der Waals surface area contributed by atoms with Crippen molar-refractivity contribution in [1.82, 2.24) is 9.47 Å². The highest BCUT2D eigenvalue weighted by molar-refractivity contribution is 6.09. The van der Waals surface area contributed by atoms with E-state index in [1.54, 1.807) is 19.4 Å². The molecule has 0 saturated carbocycles. The molecule has 0 bridgehead atoms. The molecule has 1 heterocycles. The van der Waals surface area contributed by atoms with E-state index in [0.29, 0.717) is 24.4 Å². The van der Waals surface area contributed by atoms with Gasteiger partial charge in [0.2, 0.25) is 5.91 Å². The lowest BCUT2D eigenvalue weighted by Gasteiger charge is -2.21. The number of benzene rings is 1. The van der Waals surface area contributed by atoms with E-state index in [-0.39, 0.29) is 11.8 Å². The maximum absolute atomic E-state index is 12.9. The van der Waals surface area contributed by atoms with Crippen molar-refractivity contribution in [3.63, 3.8) is 0 Å². The second-order valence-corrected chi connectivity index (χ2v) is 5.61. The zero-order valence-corrected chi connectivity index (χ0v) is 14.3. The third-order valence-corrected chi connectivity index (χ3v) is 3.86. The highest BCUT2D eigenvalue weighted by atomic mass is 16.5. The first-order valence-electron chi connectivity index (χ1n) is 8.02. The number of nitrogens with zero attached hydrogens (tertiary/aromatic N) is 2. The van der Waals surface area contributed by atoms with E-state index in [2.05, 4.69) is 13.8 Å². The maximum atomic E-state index is 12.9. The lowest BCUT2D eigenvalue weighted by molar-refractivity contribution is 0.0757.